The van der Waals surface area contributed by atoms with E-state index in [1.807, 2.05) is 0 Å². The fourth-order valence-electron chi connectivity index (χ4n) is 2.13. The minimum atomic E-state index is -0.0316. The lowest BCUT2D eigenvalue weighted by atomic mass is 9.99. The smallest absolute Gasteiger partial charge is 0.220 e. The maximum atomic E-state index is 11.8. The molecule has 0 aromatic carbocycles. The van der Waals surface area contributed by atoms with Crippen LogP contribution in [-0.2, 0) is 9.59 Å². The number of carbonyl (C=O) groups is 2. The minimum Gasteiger partial charge on any atom is -0.353 e. The summed E-state index contributed by atoms with van der Waals surface area (Å²) in [5.41, 5.74) is 0. The van der Waals surface area contributed by atoms with Crippen molar-refractivity contribution in [2.24, 2.45) is 5.92 Å². The first-order chi connectivity index (χ1) is 9.02. The van der Waals surface area contributed by atoms with Gasteiger partial charge in [0, 0.05) is 24.9 Å². The van der Waals surface area contributed by atoms with E-state index in [-0.39, 0.29) is 36.7 Å². The van der Waals surface area contributed by atoms with Crippen LogP contribution in [0.25, 0.3) is 0 Å². The molecule has 0 aliphatic carbocycles. The zero-order chi connectivity index (χ0) is 14.3. The molecule has 2 atom stereocenters. The highest BCUT2D eigenvalue weighted by Crippen LogP contribution is 2.10. The van der Waals surface area contributed by atoms with Gasteiger partial charge in [-0.2, -0.15) is 0 Å². The second kappa shape index (κ2) is 7.97. The molecule has 4 nitrogen and oxygen atoms in total. The molecule has 1 rings (SSSR count). The van der Waals surface area contributed by atoms with Crippen molar-refractivity contribution < 1.29 is 9.59 Å². The van der Waals surface area contributed by atoms with Gasteiger partial charge in [0.25, 0.3) is 0 Å². The number of hydrogen-bond donors (Lipinski definition) is 2. The minimum absolute atomic E-state index is 0.0305. The molecule has 1 heterocycles. The molecule has 4 heteroatoms. The monoisotopic (exact) mass is 266 g/mol. The summed E-state index contributed by atoms with van der Waals surface area (Å²) in [6.45, 7) is 6.27. The quantitative estimate of drug-likeness (QED) is 0.752. The summed E-state index contributed by atoms with van der Waals surface area (Å²) in [6.07, 6.45) is 7.40. The van der Waals surface area contributed by atoms with E-state index in [1.165, 1.54) is 0 Å². The van der Waals surface area contributed by atoms with E-state index >= 15 is 0 Å². The highest BCUT2D eigenvalue weighted by molar-refractivity contribution is 5.84. The standard InChI is InChI=1S/C15H26N2O2/c1-4-12-7-5-6-8-13(11(2)3)17-15(19)10-9-14(18)16-12/h5-6,11-13H,4,7-10H2,1-3H3,(H,16,18)(H,17,19)/b6-5-/t12-,13-/m1/s1. The summed E-state index contributed by atoms with van der Waals surface area (Å²) in [4.78, 5) is 23.5. The largest absolute Gasteiger partial charge is 0.353 e. The van der Waals surface area contributed by atoms with Crippen LogP contribution >= 0.6 is 0 Å². The third kappa shape index (κ3) is 5.90. The van der Waals surface area contributed by atoms with Crippen molar-refractivity contribution in [1.82, 2.24) is 10.6 Å². The molecular formula is C15H26N2O2. The van der Waals surface area contributed by atoms with Crippen molar-refractivity contribution in [3.05, 3.63) is 12.2 Å². The van der Waals surface area contributed by atoms with E-state index < -0.39 is 0 Å². The van der Waals surface area contributed by atoms with Crippen molar-refractivity contribution >= 4 is 11.8 Å². The first-order valence-electron chi connectivity index (χ1n) is 7.26. The van der Waals surface area contributed by atoms with Crippen molar-refractivity contribution in [2.45, 2.75) is 65.0 Å². The van der Waals surface area contributed by atoms with Gasteiger partial charge in [-0.05, 0) is 25.2 Å². The predicted molar refractivity (Wildman–Crippen MR) is 76.6 cm³/mol. The van der Waals surface area contributed by atoms with Crippen LogP contribution in [0.2, 0.25) is 0 Å². The zero-order valence-corrected chi connectivity index (χ0v) is 12.2. The molecule has 1 aliphatic rings. The molecule has 0 aromatic heterocycles. The Hall–Kier alpha value is -1.32. The SMILES string of the molecule is CC[C@@H]1C/C=C\C[C@H](C(C)C)NC(=O)CCC(=O)N1. The van der Waals surface area contributed by atoms with E-state index in [0.29, 0.717) is 5.92 Å². The molecular weight excluding hydrogens is 240 g/mol. The van der Waals surface area contributed by atoms with E-state index in [1.54, 1.807) is 0 Å². The summed E-state index contributed by atoms with van der Waals surface area (Å²) in [5, 5.41) is 5.98. The second-order valence-electron chi connectivity index (χ2n) is 5.53. The van der Waals surface area contributed by atoms with Gasteiger partial charge in [0.1, 0.15) is 0 Å². The molecule has 0 fully saturated rings. The molecule has 0 aromatic rings. The van der Waals surface area contributed by atoms with Gasteiger partial charge in [0.2, 0.25) is 11.8 Å². The molecule has 0 spiro atoms. The summed E-state index contributed by atoms with van der Waals surface area (Å²) < 4.78 is 0. The summed E-state index contributed by atoms with van der Waals surface area (Å²) >= 11 is 0. The maximum Gasteiger partial charge on any atom is 0.220 e. The van der Waals surface area contributed by atoms with Crippen LogP contribution in [0.15, 0.2) is 12.2 Å². The summed E-state index contributed by atoms with van der Waals surface area (Å²) in [5.74, 6) is 0.334. The molecule has 2 N–H and O–H groups in total. The Kier molecular flexibility index (Phi) is 6.60. The normalized spacial score (nSPS) is 28.0. The average Bonchev–Trinajstić information content (AvgIpc) is 2.36. The Bertz CT molecular complexity index is 337. The van der Waals surface area contributed by atoms with E-state index in [2.05, 4.69) is 43.6 Å². The van der Waals surface area contributed by atoms with Crippen LogP contribution in [0.3, 0.4) is 0 Å². The van der Waals surface area contributed by atoms with Gasteiger partial charge in [-0.15, -0.1) is 0 Å². The fraction of sp³-hybridized carbons (Fsp3) is 0.733. The second-order valence-corrected chi connectivity index (χ2v) is 5.53. The molecule has 0 saturated carbocycles. The Labute approximate surface area is 116 Å². The van der Waals surface area contributed by atoms with Gasteiger partial charge in [0.15, 0.2) is 0 Å². The first kappa shape index (κ1) is 15.7. The maximum absolute atomic E-state index is 11.8. The fourth-order valence-corrected chi connectivity index (χ4v) is 2.13. The lowest BCUT2D eigenvalue weighted by Crippen LogP contribution is -2.40. The third-order valence-corrected chi connectivity index (χ3v) is 3.57. The lowest BCUT2D eigenvalue weighted by Gasteiger charge is -2.22. The molecule has 108 valence electrons. The Balaban J connectivity index is 2.71. The number of nitrogens with one attached hydrogen (secondary N) is 2. The van der Waals surface area contributed by atoms with Gasteiger partial charge in [-0.25, -0.2) is 0 Å². The molecule has 1 aliphatic heterocycles. The average molecular weight is 266 g/mol. The molecule has 0 saturated heterocycles. The van der Waals surface area contributed by atoms with E-state index in [4.69, 9.17) is 0 Å². The number of amides is 2. The van der Waals surface area contributed by atoms with Gasteiger partial charge < -0.3 is 10.6 Å². The van der Waals surface area contributed by atoms with Crippen molar-refractivity contribution in [3.8, 4) is 0 Å². The predicted octanol–water partition coefficient (Wildman–Crippen LogP) is 2.15. The Morgan fingerprint density at radius 1 is 1.11 bits per heavy atom. The van der Waals surface area contributed by atoms with Crippen LogP contribution in [0.4, 0.5) is 0 Å². The van der Waals surface area contributed by atoms with E-state index in [0.717, 1.165) is 19.3 Å². The van der Waals surface area contributed by atoms with Gasteiger partial charge >= 0.3 is 0 Å². The van der Waals surface area contributed by atoms with E-state index in [9.17, 15) is 9.59 Å². The van der Waals surface area contributed by atoms with Crippen LogP contribution in [-0.4, -0.2) is 23.9 Å². The van der Waals surface area contributed by atoms with Crippen molar-refractivity contribution in [1.29, 1.82) is 0 Å². The van der Waals surface area contributed by atoms with Crippen LogP contribution < -0.4 is 10.6 Å². The highest BCUT2D eigenvalue weighted by atomic mass is 16.2. The number of carbonyl (C=O) groups excluding carboxylic acids is 2. The summed E-state index contributed by atoms with van der Waals surface area (Å²) in [7, 11) is 0. The van der Waals surface area contributed by atoms with Crippen molar-refractivity contribution in [3.63, 3.8) is 0 Å². The van der Waals surface area contributed by atoms with Gasteiger partial charge in [-0.3, -0.25) is 9.59 Å². The van der Waals surface area contributed by atoms with Crippen LogP contribution in [0.1, 0.15) is 52.9 Å². The number of rotatable bonds is 2. The Morgan fingerprint density at radius 2 is 1.68 bits per heavy atom. The molecule has 19 heavy (non-hydrogen) atoms. The third-order valence-electron chi connectivity index (χ3n) is 3.57. The van der Waals surface area contributed by atoms with Crippen LogP contribution in [0.5, 0.6) is 0 Å². The van der Waals surface area contributed by atoms with Crippen molar-refractivity contribution in [2.75, 3.05) is 0 Å². The Morgan fingerprint density at radius 3 is 2.26 bits per heavy atom. The lowest BCUT2D eigenvalue weighted by molar-refractivity contribution is -0.127. The molecule has 0 bridgehead atoms. The topological polar surface area (TPSA) is 58.2 Å². The molecule has 0 radical (unpaired) electrons. The highest BCUT2D eigenvalue weighted by Gasteiger charge is 2.17. The van der Waals surface area contributed by atoms with Crippen LogP contribution in [0, 0.1) is 5.92 Å². The first-order valence-corrected chi connectivity index (χ1v) is 7.26. The van der Waals surface area contributed by atoms with Gasteiger partial charge in [-0.1, -0.05) is 32.9 Å². The van der Waals surface area contributed by atoms with Gasteiger partial charge in [0.05, 0.1) is 0 Å². The molecule has 2 amide bonds. The molecule has 0 unspecified atom stereocenters. The zero-order valence-electron chi connectivity index (χ0n) is 12.2. The number of hydrogen-bond acceptors (Lipinski definition) is 2. The summed E-state index contributed by atoms with van der Waals surface area (Å²) in [6, 6.07) is 0.343.